The highest BCUT2D eigenvalue weighted by Crippen LogP contribution is 2.13. The lowest BCUT2D eigenvalue weighted by Crippen LogP contribution is -2.18. The molecule has 0 saturated carbocycles. The number of nitrogens with zero attached hydrogens (tertiary/aromatic N) is 2. The summed E-state index contributed by atoms with van der Waals surface area (Å²) in [4.78, 5) is 4.27. The molecule has 92 valence electrons. The highest BCUT2D eigenvalue weighted by molar-refractivity contribution is 5.49. The van der Waals surface area contributed by atoms with Crippen LogP contribution in [0.3, 0.4) is 0 Å². The van der Waals surface area contributed by atoms with E-state index >= 15 is 0 Å². The first-order valence-electron chi connectivity index (χ1n) is 6.21. The minimum absolute atomic E-state index is 0.638. The monoisotopic (exact) mass is 232 g/mol. The first-order valence-corrected chi connectivity index (χ1v) is 6.21. The molecule has 2 heterocycles. The Morgan fingerprint density at radius 1 is 1.47 bits per heavy atom. The molecule has 3 N–H and O–H groups in total. The lowest BCUT2D eigenvalue weighted by Gasteiger charge is -2.16. The highest BCUT2D eigenvalue weighted by atomic mass is 15.1. The zero-order valence-corrected chi connectivity index (χ0v) is 10.3. The van der Waals surface area contributed by atoms with Gasteiger partial charge in [-0.15, -0.1) is 0 Å². The molecule has 2 rings (SSSR count). The van der Waals surface area contributed by atoms with Crippen LogP contribution in [0.25, 0.3) is 5.65 Å². The van der Waals surface area contributed by atoms with E-state index in [1.165, 1.54) is 0 Å². The predicted octanol–water partition coefficient (Wildman–Crippen LogP) is 2.12. The Balaban J connectivity index is 2.05. The molecule has 2 aromatic heterocycles. The van der Waals surface area contributed by atoms with Crippen molar-refractivity contribution in [2.24, 2.45) is 11.7 Å². The number of nitrogens with one attached hydrogen (secondary N) is 1. The number of aromatic nitrogens is 2. The quantitative estimate of drug-likeness (QED) is 0.802. The molecular formula is C13H20N4. The van der Waals surface area contributed by atoms with E-state index < -0.39 is 0 Å². The van der Waals surface area contributed by atoms with Crippen molar-refractivity contribution in [2.45, 2.75) is 19.8 Å². The molecule has 4 nitrogen and oxygen atoms in total. The van der Waals surface area contributed by atoms with Crippen LogP contribution in [-0.2, 0) is 0 Å². The number of imidazole rings is 1. The highest BCUT2D eigenvalue weighted by Gasteiger charge is 2.06. The zero-order chi connectivity index (χ0) is 12.1. The van der Waals surface area contributed by atoms with Crippen LogP contribution in [0.1, 0.15) is 19.8 Å². The van der Waals surface area contributed by atoms with E-state index in [9.17, 15) is 0 Å². The molecule has 0 aliphatic carbocycles. The number of anilines is 1. The average Bonchev–Trinajstić information content (AvgIpc) is 2.83. The van der Waals surface area contributed by atoms with Gasteiger partial charge in [0.05, 0.1) is 0 Å². The van der Waals surface area contributed by atoms with Crippen molar-refractivity contribution in [1.29, 1.82) is 0 Å². The maximum absolute atomic E-state index is 5.60. The van der Waals surface area contributed by atoms with Crippen LogP contribution >= 0.6 is 0 Å². The Morgan fingerprint density at radius 2 is 2.35 bits per heavy atom. The van der Waals surface area contributed by atoms with Gasteiger partial charge in [-0.05, 0) is 31.0 Å². The Labute approximate surface area is 102 Å². The molecule has 1 unspecified atom stereocenters. The summed E-state index contributed by atoms with van der Waals surface area (Å²) in [6.45, 7) is 3.93. The number of pyridine rings is 1. The SMILES string of the molecule is CCC(CCN)CNc1cccc2nccn12. The lowest BCUT2D eigenvalue weighted by molar-refractivity contribution is 0.501. The molecule has 2 aromatic rings. The van der Waals surface area contributed by atoms with Gasteiger partial charge in [0.2, 0.25) is 0 Å². The van der Waals surface area contributed by atoms with Gasteiger partial charge < -0.3 is 11.1 Å². The van der Waals surface area contributed by atoms with Gasteiger partial charge >= 0.3 is 0 Å². The molecule has 0 amide bonds. The summed E-state index contributed by atoms with van der Waals surface area (Å²) in [6.07, 6.45) is 6.02. The molecule has 0 radical (unpaired) electrons. The Hall–Kier alpha value is -1.55. The van der Waals surface area contributed by atoms with E-state index in [-0.39, 0.29) is 0 Å². The van der Waals surface area contributed by atoms with E-state index in [1.807, 2.05) is 24.5 Å². The van der Waals surface area contributed by atoms with Crippen molar-refractivity contribution in [1.82, 2.24) is 9.38 Å². The topological polar surface area (TPSA) is 55.3 Å². The maximum atomic E-state index is 5.60. The van der Waals surface area contributed by atoms with E-state index in [0.717, 1.165) is 37.4 Å². The van der Waals surface area contributed by atoms with Crippen molar-refractivity contribution in [2.75, 3.05) is 18.4 Å². The normalized spacial score (nSPS) is 12.8. The second-order valence-corrected chi connectivity index (χ2v) is 4.30. The fourth-order valence-corrected chi connectivity index (χ4v) is 2.03. The van der Waals surface area contributed by atoms with E-state index in [4.69, 9.17) is 5.73 Å². The van der Waals surface area contributed by atoms with Crippen LogP contribution in [-0.4, -0.2) is 22.5 Å². The summed E-state index contributed by atoms with van der Waals surface area (Å²) < 4.78 is 2.06. The molecule has 0 aliphatic heterocycles. The van der Waals surface area contributed by atoms with Gasteiger partial charge in [-0.1, -0.05) is 19.4 Å². The van der Waals surface area contributed by atoms with Crippen molar-refractivity contribution in [3.8, 4) is 0 Å². The maximum Gasteiger partial charge on any atom is 0.138 e. The van der Waals surface area contributed by atoms with Gasteiger partial charge in [0.25, 0.3) is 0 Å². The zero-order valence-electron chi connectivity index (χ0n) is 10.3. The van der Waals surface area contributed by atoms with E-state index in [0.29, 0.717) is 5.92 Å². The third kappa shape index (κ3) is 2.77. The predicted molar refractivity (Wildman–Crippen MR) is 71.1 cm³/mol. The molecule has 0 aliphatic rings. The Kier molecular flexibility index (Phi) is 3.98. The van der Waals surface area contributed by atoms with E-state index in [1.54, 1.807) is 0 Å². The molecule has 0 bridgehead atoms. The van der Waals surface area contributed by atoms with Gasteiger partial charge in [-0.2, -0.15) is 0 Å². The minimum atomic E-state index is 0.638. The van der Waals surface area contributed by atoms with Crippen LogP contribution < -0.4 is 11.1 Å². The first kappa shape index (κ1) is 11.9. The molecule has 0 fully saturated rings. The van der Waals surface area contributed by atoms with Crippen molar-refractivity contribution in [3.63, 3.8) is 0 Å². The minimum Gasteiger partial charge on any atom is -0.371 e. The standard InChI is InChI=1S/C13H20N4/c1-2-11(6-7-14)10-16-13-5-3-4-12-15-8-9-17(12)13/h3-5,8-9,11,16H,2,6-7,10,14H2,1H3. The van der Waals surface area contributed by atoms with Gasteiger partial charge in [-0.3, -0.25) is 4.40 Å². The second kappa shape index (κ2) is 5.68. The Bertz CT molecular complexity index is 463. The van der Waals surface area contributed by atoms with Crippen LogP contribution in [0.4, 0.5) is 5.82 Å². The summed E-state index contributed by atoms with van der Waals surface area (Å²) in [5.74, 6) is 1.73. The molecule has 4 heteroatoms. The van der Waals surface area contributed by atoms with Gasteiger partial charge in [0.15, 0.2) is 0 Å². The van der Waals surface area contributed by atoms with Crippen LogP contribution in [0.5, 0.6) is 0 Å². The Morgan fingerprint density at radius 3 is 3.12 bits per heavy atom. The first-order chi connectivity index (χ1) is 8.35. The summed E-state index contributed by atoms with van der Waals surface area (Å²) in [5, 5.41) is 3.48. The van der Waals surface area contributed by atoms with Crippen LogP contribution in [0.15, 0.2) is 30.6 Å². The largest absolute Gasteiger partial charge is 0.371 e. The summed E-state index contributed by atoms with van der Waals surface area (Å²) >= 11 is 0. The number of fused-ring (bicyclic) bond motifs is 1. The summed E-state index contributed by atoms with van der Waals surface area (Å²) in [7, 11) is 0. The molecule has 0 aromatic carbocycles. The van der Waals surface area contributed by atoms with Gasteiger partial charge in [0.1, 0.15) is 11.5 Å². The molecule has 0 spiro atoms. The van der Waals surface area contributed by atoms with Crippen molar-refractivity contribution >= 4 is 11.5 Å². The number of rotatable bonds is 6. The third-order valence-corrected chi connectivity index (χ3v) is 3.15. The van der Waals surface area contributed by atoms with Crippen LogP contribution in [0.2, 0.25) is 0 Å². The van der Waals surface area contributed by atoms with Crippen molar-refractivity contribution < 1.29 is 0 Å². The fourth-order valence-electron chi connectivity index (χ4n) is 2.03. The molecular weight excluding hydrogens is 212 g/mol. The van der Waals surface area contributed by atoms with E-state index in [2.05, 4.69) is 27.7 Å². The van der Waals surface area contributed by atoms with Crippen LogP contribution in [0, 0.1) is 5.92 Å². The summed E-state index contributed by atoms with van der Waals surface area (Å²) in [5.41, 5.74) is 6.58. The lowest BCUT2D eigenvalue weighted by atomic mass is 10.0. The second-order valence-electron chi connectivity index (χ2n) is 4.30. The number of hydrogen-bond donors (Lipinski definition) is 2. The van der Waals surface area contributed by atoms with Gasteiger partial charge in [-0.25, -0.2) is 4.98 Å². The fraction of sp³-hybridized carbons (Fsp3) is 0.462. The average molecular weight is 232 g/mol. The number of hydrogen-bond acceptors (Lipinski definition) is 3. The number of nitrogens with two attached hydrogens (primary N) is 1. The molecule has 17 heavy (non-hydrogen) atoms. The third-order valence-electron chi connectivity index (χ3n) is 3.15. The van der Waals surface area contributed by atoms with Crippen molar-refractivity contribution in [3.05, 3.63) is 30.6 Å². The molecule has 0 saturated heterocycles. The smallest absolute Gasteiger partial charge is 0.138 e. The van der Waals surface area contributed by atoms with Gasteiger partial charge in [0, 0.05) is 18.9 Å². The summed E-state index contributed by atoms with van der Waals surface area (Å²) in [6, 6.07) is 6.10. The molecule has 1 atom stereocenters.